The van der Waals surface area contributed by atoms with Crippen LogP contribution in [0.3, 0.4) is 0 Å². The summed E-state index contributed by atoms with van der Waals surface area (Å²) in [5.74, 6) is 0.0640. The smallest absolute Gasteiger partial charge is 0.364 e. The lowest BCUT2D eigenvalue weighted by Gasteiger charge is -2.26. The first kappa shape index (κ1) is 21.4. The Morgan fingerprint density at radius 3 is 2.26 bits per heavy atom. The predicted octanol–water partition coefficient (Wildman–Crippen LogP) is 2.81. The van der Waals surface area contributed by atoms with Crippen molar-refractivity contribution in [3.05, 3.63) is 53.3 Å². The SMILES string of the molecule is CN(Cc1ccc(C(F)(F)F)cc1)C1CC2CN(C(=O)n3ccc(C(N)=O)n3)CC2C1. The molecule has 2 aromatic rings. The highest BCUT2D eigenvalue weighted by Crippen LogP contribution is 2.40. The summed E-state index contributed by atoms with van der Waals surface area (Å²) in [6.07, 6.45) is -1.03. The molecule has 1 saturated carbocycles. The predicted molar refractivity (Wildman–Crippen MR) is 106 cm³/mol. The van der Waals surface area contributed by atoms with E-state index in [-0.39, 0.29) is 11.7 Å². The Labute approximate surface area is 177 Å². The number of rotatable bonds is 4. The second kappa shape index (κ2) is 7.99. The molecule has 1 aliphatic carbocycles. The summed E-state index contributed by atoms with van der Waals surface area (Å²) in [5.41, 5.74) is 5.44. The van der Waals surface area contributed by atoms with E-state index in [4.69, 9.17) is 5.73 Å². The molecule has 0 bridgehead atoms. The summed E-state index contributed by atoms with van der Waals surface area (Å²) in [7, 11) is 1.99. The first-order valence-corrected chi connectivity index (χ1v) is 10.1. The average molecular weight is 435 g/mol. The molecule has 166 valence electrons. The Hall–Kier alpha value is -2.88. The van der Waals surface area contributed by atoms with Gasteiger partial charge in [-0.15, -0.1) is 0 Å². The number of carbonyl (C=O) groups is 2. The minimum absolute atomic E-state index is 0.0534. The molecule has 4 rings (SSSR count). The fraction of sp³-hybridized carbons (Fsp3) is 0.476. The van der Waals surface area contributed by atoms with Crippen molar-refractivity contribution in [2.24, 2.45) is 17.6 Å². The minimum Gasteiger partial charge on any atom is -0.364 e. The molecule has 2 N–H and O–H groups in total. The fourth-order valence-electron chi connectivity index (χ4n) is 4.71. The van der Waals surface area contributed by atoms with Gasteiger partial charge in [0.25, 0.3) is 5.91 Å². The molecular formula is C21H24F3N5O2. The first-order chi connectivity index (χ1) is 14.6. The van der Waals surface area contributed by atoms with E-state index in [1.807, 2.05) is 7.05 Å². The fourth-order valence-corrected chi connectivity index (χ4v) is 4.71. The van der Waals surface area contributed by atoms with Crippen LogP contribution < -0.4 is 5.73 Å². The largest absolute Gasteiger partial charge is 0.416 e. The molecule has 1 aliphatic heterocycles. The van der Waals surface area contributed by atoms with Crippen molar-refractivity contribution in [3.63, 3.8) is 0 Å². The van der Waals surface area contributed by atoms with Gasteiger partial charge in [0.05, 0.1) is 5.56 Å². The normalized spacial score (nSPS) is 23.4. The highest BCUT2D eigenvalue weighted by molar-refractivity contribution is 5.91. The van der Waals surface area contributed by atoms with Crippen LogP contribution in [0.25, 0.3) is 0 Å². The van der Waals surface area contributed by atoms with Gasteiger partial charge in [-0.1, -0.05) is 12.1 Å². The molecule has 10 heteroatoms. The molecule has 2 unspecified atom stereocenters. The van der Waals surface area contributed by atoms with Crippen molar-refractivity contribution in [2.75, 3.05) is 20.1 Å². The number of nitrogens with two attached hydrogens (primary N) is 1. The average Bonchev–Trinajstić information content (AvgIpc) is 3.41. The Kier molecular flexibility index (Phi) is 5.50. The molecule has 2 aliphatic rings. The number of alkyl halides is 3. The first-order valence-electron chi connectivity index (χ1n) is 10.1. The third-order valence-corrected chi connectivity index (χ3v) is 6.37. The number of amides is 2. The van der Waals surface area contributed by atoms with Crippen molar-refractivity contribution in [3.8, 4) is 0 Å². The van der Waals surface area contributed by atoms with Gasteiger partial charge >= 0.3 is 12.2 Å². The number of hydrogen-bond donors (Lipinski definition) is 1. The maximum atomic E-state index is 12.7. The van der Waals surface area contributed by atoms with Crippen LogP contribution in [0, 0.1) is 11.8 Å². The molecule has 2 fully saturated rings. The van der Waals surface area contributed by atoms with Gasteiger partial charge < -0.3 is 10.6 Å². The van der Waals surface area contributed by atoms with Gasteiger partial charge in [0.2, 0.25) is 0 Å². The number of aromatic nitrogens is 2. The second-order valence-electron chi connectivity index (χ2n) is 8.45. The number of halogens is 3. The summed E-state index contributed by atoms with van der Waals surface area (Å²) >= 11 is 0. The van der Waals surface area contributed by atoms with Crippen LogP contribution in [0.2, 0.25) is 0 Å². The molecule has 1 aromatic carbocycles. The van der Waals surface area contributed by atoms with Gasteiger partial charge in [0.15, 0.2) is 5.69 Å². The summed E-state index contributed by atoms with van der Waals surface area (Å²) in [6, 6.07) is 6.77. The molecule has 0 spiro atoms. The third kappa shape index (κ3) is 4.43. The van der Waals surface area contributed by atoms with Crippen LogP contribution in [0.1, 0.15) is 34.5 Å². The summed E-state index contributed by atoms with van der Waals surface area (Å²) in [5, 5.41) is 3.93. The lowest BCUT2D eigenvalue weighted by atomic mass is 10.0. The topological polar surface area (TPSA) is 84.5 Å². The number of fused-ring (bicyclic) bond motifs is 1. The summed E-state index contributed by atoms with van der Waals surface area (Å²) < 4.78 is 39.3. The van der Waals surface area contributed by atoms with Gasteiger partial charge in [0, 0.05) is 31.9 Å². The molecule has 2 amide bonds. The van der Waals surface area contributed by atoms with Gasteiger partial charge in [-0.2, -0.15) is 23.0 Å². The van der Waals surface area contributed by atoms with Gasteiger partial charge in [-0.3, -0.25) is 9.69 Å². The molecular weight excluding hydrogens is 411 g/mol. The molecule has 0 radical (unpaired) electrons. The quantitative estimate of drug-likeness (QED) is 0.801. The van der Waals surface area contributed by atoms with Crippen LogP contribution in [0.5, 0.6) is 0 Å². The van der Waals surface area contributed by atoms with E-state index in [9.17, 15) is 22.8 Å². The van der Waals surface area contributed by atoms with Crippen LogP contribution in [-0.2, 0) is 12.7 Å². The van der Waals surface area contributed by atoms with Crippen molar-refractivity contribution < 1.29 is 22.8 Å². The van der Waals surface area contributed by atoms with Crippen molar-refractivity contribution in [1.82, 2.24) is 19.6 Å². The lowest BCUT2D eigenvalue weighted by Crippen LogP contribution is -2.36. The lowest BCUT2D eigenvalue weighted by molar-refractivity contribution is -0.137. The van der Waals surface area contributed by atoms with E-state index >= 15 is 0 Å². The zero-order valence-corrected chi connectivity index (χ0v) is 17.0. The van der Waals surface area contributed by atoms with Crippen molar-refractivity contribution in [1.29, 1.82) is 0 Å². The third-order valence-electron chi connectivity index (χ3n) is 6.37. The Balaban J connectivity index is 1.31. The number of hydrogen-bond acceptors (Lipinski definition) is 4. The van der Waals surface area contributed by atoms with Crippen LogP contribution >= 0.6 is 0 Å². The van der Waals surface area contributed by atoms with E-state index in [0.717, 1.165) is 35.2 Å². The summed E-state index contributed by atoms with van der Waals surface area (Å²) in [4.78, 5) is 27.8. The standard InChI is InChI=1S/C21H24F3N5O2/c1-27(10-13-2-4-16(5-3-13)21(22,23)24)17-8-14-11-28(12-15(14)9-17)20(31)29-7-6-18(26-29)19(25)30/h2-7,14-15,17H,8-12H2,1H3,(H2,25,30). The number of benzene rings is 1. The Bertz CT molecular complexity index is 958. The van der Waals surface area contributed by atoms with Crippen LogP contribution in [0.4, 0.5) is 18.0 Å². The zero-order valence-electron chi connectivity index (χ0n) is 17.0. The van der Waals surface area contributed by atoms with E-state index in [0.29, 0.717) is 37.5 Å². The second-order valence-corrected chi connectivity index (χ2v) is 8.45. The zero-order chi connectivity index (χ0) is 22.3. The highest BCUT2D eigenvalue weighted by atomic mass is 19.4. The minimum atomic E-state index is -4.33. The Morgan fingerprint density at radius 2 is 1.74 bits per heavy atom. The number of carbonyl (C=O) groups excluding carboxylic acids is 2. The highest BCUT2D eigenvalue weighted by Gasteiger charge is 2.43. The monoisotopic (exact) mass is 435 g/mol. The number of nitrogens with zero attached hydrogens (tertiary/aromatic N) is 4. The van der Waals surface area contributed by atoms with Gasteiger partial charge in [-0.05, 0) is 55.5 Å². The van der Waals surface area contributed by atoms with Crippen molar-refractivity contribution in [2.45, 2.75) is 31.6 Å². The molecule has 1 aromatic heterocycles. The molecule has 1 saturated heterocycles. The number of likely N-dealkylation sites (tertiary alicyclic amines) is 1. The molecule has 7 nitrogen and oxygen atoms in total. The van der Waals surface area contributed by atoms with E-state index < -0.39 is 17.6 Å². The van der Waals surface area contributed by atoms with Gasteiger partial charge in [0.1, 0.15) is 0 Å². The molecule has 31 heavy (non-hydrogen) atoms. The van der Waals surface area contributed by atoms with Crippen LogP contribution in [0.15, 0.2) is 36.5 Å². The number of primary amides is 1. The maximum Gasteiger partial charge on any atom is 0.416 e. The Morgan fingerprint density at radius 1 is 1.13 bits per heavy atom. The van der Waals surface area contributed by atoms with E-state index in [2.05, 4.69) is 10.00 Å². The molecule has 2 heterocycles. The van der Waals surface area contributed by atoms with Crippen LogP contribution in [-0.4, -0.2) is 57.7 Å². The summed E-state index contributed by atoms with van der Waals surface area (Å²) in [6.45, 7) is 1.83. The van der Waals surface area contributed by atoms with E-state index in [1.165, 1.54) is 24.4 Å². The molecule has 2 atom stereocenters. The maximum absolute atomic E-state index is 12.7. The van der Waals surface area contributed by atoms with Gasteiger partial charge in [-0.25, -0.2) is 4.79 Å². The van der Waals surface area contributed by atoms with E-state index in [1.54, 1.807) is 4.90 Å². The van der Waals surface area contributed by atoms with Crippen molar-refractivity contribution >= 4 is 11.9 Å².